The van der Waals surface area contributed by atoms with Crippen LogP contribution in [0.1, 0.15) is 15.9 Å². The van der Waals surface area contributed by atoms with Gasteiger partial charge in [-0.05, 0) is 29.8 Å². The number of methoxy groups -OCH3 is 1. The van der Waals surface area contributed by atoms with Gasteiger partial charge < -0.3 is 20.4 Å². The van der Waals surface area contributed by atoms with Gasteiger partial charge in [0.2, 0.25) is 11.8 Å². The average Bonchev–Trinajstić information content (AvgIpc) is 3.09. The first kappa shape index (κ1) is 18.2. The molecule has 0 aliphatic carbocycles. The zero-order valence-electron chi connectivity index (χ0n) is 14.7. The number of amides is 2. The molecule has 7 heteroatoms. The zero-order valence-corrected chi connectivity index (χ0v) is 14.7. The van der Waals surface area contributed by atoms with E-state index >= 15 is 0 Å². The first-order chi connectivity index (χ1) is 13.1. The van der Waals surface area contributed by atoms with E-state index in [1.807, 2.05) is 24.3 Å². The van der Waals surface area contributed by atoms with Crippen molar-refractivity contribution in [3.63, 3.8) is 0 Å². The number of ether oxygens (including phenoxy) is 1. The van der Waals surface area contributed by atoms with Gasteiger partial charge in [0.25, 0.3) is 0 Å². The summed E-state index contributed by atoms with van der Waals surface area (Å²) in [5.74, 6) is -1.12. The minimum Gasteiger partial charge on any atom is -0.465 e. The highest BCUT2D eigenvalue weighted by molar-refractivity contribution is 5.97. The van der Waals surface area contributed by atoms with Crippen molar-refractivity contribution in [2.75, 3.05) is 19.0 Å². The van der Waals surface area contributed by atoms with Crippen LogP contribution in [0.15, 0.2) is 54.7 Å². The van der Waals surface area contributed by atoms with Crippen LogP contribution in [0.3, 0.4) is 0 Å². The molecule has 0 fully saturated rings. The van der Waals surface area contributed by atoms with Crippen molar-refractivity contribution in [1.82, 2.24) is 10.3 Å². The van der Waals surface area contributed by atoms with E-state index in [-0.39, 0.29) is 24.8 Å². The molecule has 1 aromatic heterocycles. The molecule has 2 amide bonds. The van der Waals surface area contributed by atoms with Gasteiger partial charge in [-0.2, -0.15) is 0 Å². The quantitative estimate of drug-likeness (QED) is 0.583. The number of esters is 1. The monoisotopic (exact) mass is 365 g/mol. The Bertz CT molecular complexity index is 994. The van der Waals surface area contributed by atoms with Gasteiger partial charge in [-0.25, -0.2) is 4.79 Å². The van der Waals surface area contributed by atoms with E-state index in [1.54, 1.807) is 24.4 Å². The Labute approximate surface area is 155 Å². The maximum absolute atomic E-state index is 12.1. The van der Waals surface area contributed by atoms with E-state index in [0.717, 1.165) is 16.5 Å². The normalized spacial score (nSPS) is 10.4. The molecule has 0 radical (unpaired) electrons. The number of nitrogens with one attached hydrogen (secondary N) is 3. The van der Waals surface area contributed by atoms with Gasteiger partial charge in [-0.15, -0.1) is 0 Å². The van der Waals surface area contributed by atoms with Crippen LogP contribution in [0.5, 0.6) is 0 Å². The number of anilines is 1. The second-order valence-electron chi connectivity index (χ2n) is 5.93. The second-order valence-corrected chi connectivity index (χ2v) is 5.93. The molecule has 27 heavy (non-hydrogen) atoms. The van der Waals surface area contributed by atoms with Crippen molar-refractivity contribution >= 4 is 34.4 Å². The summed E-state index contributed by atoms with van der Waals surface area (Å²) in [4.78, 5) is 38.8. The molecule has 3 rings (SSSR count). The van der Waals surface area contributed by atoms with Gasteiger partial charge in [0.05, 0.1) is 25.6 Å². The van der Waals surface area contributed by atoms with E-state index in [2.05, 4.69) is 20.4 Å². The summed E-state index contributed by atoms with van der Waals surface area (Å²) in [6.07, 6.45) is 1.97. The lowest BCUT2D eigenvalue weighted by Gasteiger charge is -2.08. The molecule has 0 atom stereocenters. The van der Waals surface area contributed by atoms with E-state index in [4.69, 9.17) is 0 Å². The van der Waals surface area contributed by atoms with Crippen molar-refractivity contribution in [3.05, 3.63) is 65.9 Å². The predicted octanol–water partition coefficient (Wildman–Crippen LogP) is 2.25. The number of rotatable bonds is 6. The lowest BCUT2D eigenvalue weighted by molar-refractivity contribution is -0.123. The van der Waals surface area contributed by atoms with Crippen LogP contribution >= 0.6 is 0 Å². The third-order valence-electron chi connectivity index (χ3n) is 4.04. The minimum absolute atomic E-state index is 0.163. The fourth-order valence-corrected chi connectivity index (χ4v) is 2.74. The molecule has 3 aromatic rings. The number of aromatic amines is 1. The number of para-hydroxylation sites is 1. The third kappa shape index (κ3) is 4.52. The molecule has 138 valence electrons. The van der Waals surface area contributed by atoms with E-state index < -0.39 is 5.97 Å². The molecule has 0 spiro atoms. The number of carbonyl (C=O) groups is 3. The molecule has 0 aliphatic heterocycles. The van der Waals surface area contributed by atoms with Crippen LogP contribution in [0.4, 0.5) is 5.69 Å². The van der Waals surface area contributed by atoms with Crippen LogP contribution in [0, 0.1) is 0 Å². The number of hydrogen-bond donors (Lipinski definition) is 3. The maximum atomic E-state index is 12.1. The minimum atomic E-state index is -0.488. The predicted molar refractivity (Wildman–Crippen MR) is 101 cm³/mol. The fourth-order valence-electron chi connectivity index (χ4n) is 2.74. The van der Waals surface area contributed by atoms with Crippen molar-refractivity contribution in [2.24, 2.45) is 0 Å². The standard InChI is InChI=1S/C20H19N3O4/c1-27-20(26)13-5-4-6-15(9-13)23-19(25)12-22-18(24)10-14-11-21-17-8-3-2-7-16(14)17/h2-9,11,21H,10,12H2,1H3,(H,22,24)(H,23,25). The highest BCUT2D eigenvalue weighted by atomic mass is 16.5. The van der Waals surface area contributed by atoms with E-state index in [9.17, 15) is 14.4 Å². The summed E-state index contributed by atoms with van der Waals surface area (Å²) in [6.45, 7) is -0.163. The zero-order chi connectivity index (χ0) is 19.2. The topological polar surface area (TPSA) is 100 Å². The Morgan fingerprint density at radius 1 is 1.04 bits per heavy atom. The number of H-pyrrole nitrogens is 1. The molecular formula is C20H19N3O4. The number of benzene rings is 2. The number of aromatic nitrogens is 1. The average molecular weight is 365 g/mol. The molecule has 0 saturated heterocycles. The summed E-state index contributed by atoms with van der Waals surface area (Å²) in [5, 5.41) is 6.22. The molecule has 7 nitrogen and oxygen atoms in total. The lowest BCUT2D eigenvalue weighted by atomic mass is 10.1. The Kier molecular flexibility index (Phi) is 5.51. The molecular weight excluding hydrogens is 346 g/mol. The highest BCUT2D eigenvalue weighted by Crippen LogP contribution is 2.18. The van der Waals surface area contributed by atoms with Crippen LogP contribution < -0.4 is 10.6 Å². The number of hydrogen-bond acceptors (Lipinski definition) is 4. The van der Waals surface area contributed by atoms with Crippen molar-refractivity contribution in [1.29, 1.82) is 0 Å². The van der Waals surface area contributed by atoms with Gasteiger partial charge in [0.1, 0.15) is 0 Å². The smallest absolute Gasteiger partial charge is 0.337 e. The molecule has 3 N–H and O–H groups in total. The number of carbonyl (C=O) groups excluding carboxylic acids is 3. The lowest BCUT2D eigenvalue weighted by Crippen LogP contribution is -2.33. The van der Waals surface area contributed by atoms with Crippen molar-refractivity contribution in [3.8, 4) is 0 Å². The molecule has 0 saturated carbocycles. The maximum Gasteiger partial charge on any atom is 0.337 e. The van der Waals surface area contributed by atoms with Crippen molar-refractivity contribution < 1.29 is 19.1 Å². The summed E-state index contributed by atoms with van der Waals surface area (Å²) < 4.78 is 4.64. The fraction of sp³-hybridized carbons (Fsp3) is 0.150. The van der Waals surface area contributed by atoms with Crippen LogP contribution in [-0.4, -0.2) is 36.4 Å². The molecule has 0 aliphatic rings. The van der Waals surface area contributed by atoms with E-state index in [0.29, 0.717) is 11.3 Å². The van der Waals surface area contributed by atoms with Gasteiger partial charge in [0, 0.05) is 22.8 Å². The SMILES string of the molecule is COC(=O)c1cccc(NC(=O)CNC(=O)Cc2c[nH]c3ccccc23)c1. The molecule has 1 heterocycles. The molecule has 0 unspecified atom stereocenters. The summed E-state index contributed by atoms with van der Waals surface area (Å²) >= 11 is 0. The number of fused-ring (bicyclic) bond motifs is 1. The first-order valence-electron chi connectivity index (χ1n) is 8.37. The Morgan fingerprint density at radius 2 is 1.85 bits per heavy atom. The van der Waals surface area contributed by atoms with Gasteiger partial charge in [-0.1, -0.05) is 24.3 Å². The first-order valence-corrected chi connectivity index (χ1v) is 8.37. The van der Waals surface area contributed by atoms with Gasteiger partial charge in [0.15, 0.2) is 0 Å². The molecule has 0 bridgehead atoms. The second kappa shape index (κ2) is 8.18. The van der Waals surface area contributed by atoms with Crippen molar-refractivity contribution in [2.45, 2.75) is 6.42 Å². The van der Waals surface area contributed by atoms with Gasteiger partial charge >= 0.3 is 5.97 Å². The largest absolute Gasteiger partial charge is 0.465 e. The third-order valence-corrected chi connectivity index (χ3v) is 4.04. The Balaban J connectivity index is 1.53. The van der Waals surface area contributed by atoms with E-state index in [1.165, 1.54) is 13.2 Å². The summed E-state index contributed by atoms with van der Waals surface area (Å²) in [6, 6.07) is 14.1. The van der Waals surface area contributed by atoms with Gasteiger partial charge in [-0.3, -0.25) is 9.59 Å². The molecule has 2 aromatic carbocycles. The highest BCUT2D eigenvalue weighted by Gasteiger charge is 2.11. The van der Waals surface area contributed by atoms with Crippen LogP contribution in [-0.2, 0) is 20.7 Å². The summed E-state index contributed by atoms with van der Waals surface area (Å²) in [7, 11) is 1.29. The van der Waals surface area contributed by atoms with Crippen LogP contribution in [0.2, 0.25) is 0 Å². The van der Waals surface area contributed by atoms with Crippen LogP contribution in [0.25, 0.3) is 10.9 Å². The Morgan fingerprint density at radius 3 is 2.67 bits per heavy atom. The summed E-state index contributed by atoms with van der Waals surface area (Å²) in [5.41, 5.74) is 2.62. The Hall–Kier alpha value is -3.61.